The number of benzene rings is 1. The first-order valence-corrected chi connectivity index (χ1v) is 10.3. The summed E-state index contributed by atoms with van der Waals surface area (Å²) >= 11 is 3.58. The largest absolute Gasteiger partial charge is 0.294 e. The van der Waals surface area contributed by atoms with Gasteiger partial charge < -0.3 is 0 Å². The molecule has 0 unspecified atom stereocenters. The standard InChI is InChI=1S/C22H23BrN4/c1-2-4-22-25-13-18-15-27(10-8-21(18)26-22)14-17-12-24-9-7-20(17)16-5-3-6-19(23)11-16/h3,5-7,9,11-13H,2,4,8,10,14-15H2,1H3. The molecule has 1 aliphatic rings. The zero-order valence-corrected chi connectivity index (χ0v) is 17.1. The van der Waals surface area contributed by atoms with Gasteiger partial charge in [-0.25, -0.2) is 9.97 Å². The Kier molecular flexibility index (Phi) is 5.60. The first-order valence-electron chi connectivity index (χ1n) is 9.48. The Morgan fingerprint density at radius 1 is 1.19 bits per heavy atom. The zero-order valence-electron chi connectivity index (χ0n) is 15.5. The molecule has 5 heteroatoms. The molecule has 0 fully saturated rings. The van der Waals surface area contributed by atoms with E-state index >= 15 is 0 Å². The summed E-state index contributed by atoms with van der Waals surface area (Å²) < 4.78 is 1.09. The van der Waals surface area contributed by atoms with Gasteiger partial charge in [0.1, 0.15) is 5.82 Å². The molecule has 27 heavy (non-hydrogen) atoms. The summed E-state index contributed by atoms with van der Waals surface area (Å²) in [6.45, 7) is 4.96. The highest BCUT2D eigenvalue weighted by Crippen LogP contribution is 2.28. The Labute approximate surface area is 168 Å². The van der Waals surface area contributed by atoms with Gasteiger partial charge in [0.25, 0.3) is 0 Å². The monoisotopic (exact) mass is 422 g/mol. The highest BCUT2D eigenvalue weighted by Gasteiger charge is 2.19. The van der Waals surface area contributed by atoms with E-state index in [2.05, 4.69) is 68.1 Å². The predicted octanol–water partition coefficient (Wildman–Crippen LogP) is 4.81. The summed E-state index contributed by atoms with van der Waals surface area (Å²) in [5.74, 6) is 0.980. The molecule has 0 aliphatic carbocycles. The number of hydrogen-bond acceptors (Lipinski definition) is 4. The summed E-state index contributed by atoms with van der Waals surface area (Å²) in [7, 11) is 0. The van der Waals surface area contributed by atoms with Crippen molar-refractivity contribution in [2.24, 2.45) is 0 Å². The number of nitrogens with zero attached hydrogens (tertiary/aromatic N) is 4. The van der Waals surface area contributed by atoms with E-state index in [0.29, 0.717) is 0 Å². The molecule has 0 bridgehead atoms. The molecule has 0 saturated carbocycles. The van der Waals surface area contributed by atoms with E-state index in [4.69, 9.17) is 4.98 Å². The molecule has 0 amide bonds. The molecule has 4 nitrogen and oxygen atoms in total. The molecule has 2 aromatic heterocycles. The van der Waals surface area contributed by atoms with E-state index in [1.165, 1.54) is 27.9 Å². The molecule has 0 spiro atoms. The molecule has 0 radical (unpaired) electrons. The van der Waals surface area contributed by atoms with Gasteiger partial charge in [-0.1, -0.05) is 35.0 Å². The minimum atomic E-state index is 0.881. The molecule has 0 saturated heterocycles. The van der Waals surface area contributed by atoms with Crippen molar-refractivity contribution in [3.8, 4) is 11.1 Å². The van der Waals surface area contributed by atoms with Crippen LogP contribution in [0.5, 0.6) is 0 Å². The van der Waals surface area contributed by atoms with Crippen LogP contribution in [0, 0.1) is 0 Å². The topological polar surface area (TPSA) is 41.9 Å². The van der Waals surface area contributed by atoms with Crippen molar-refractivity contribution in [1.82, 2.24) is 19.9 Å². The van der Waals surface area contributed by atoms with E-state index in [0.717, 1.165) is 49.2 Å². The fourth-order valence-corrected chi connectivity index (χ4v) is 4.03. The van der Waals surface area contributed by atoms with Gasteiger partial charge in [0.15, 0.2) is 0 Å². The Balaban J connectivity index is 1.54. The van der Waals surface area contributed by atoms with Crippen LogP contribution >= 0.6 is 15.9 Å². The summed E-state index contributed by atoms with van der Waals surface area (Å²) in [5.41, 5.74) is 6.19. The molecule has 1 aliphatic heterocycles. The van der Waals surface area contributed by atoms with Crippen molar-refractivity contribution < 1.29 is 0 Å². The number of fused-ring (bicyclic) bond motifs is 1. The van der Waals surface area contributed by atoms with Gasteiger partial charge in [0.2, 0.25) is 0 Å². The molecule has 3 heterocycles. The molecule has 138 valence electrons. The first kappa shape index (κ1) is 18.3. The molecular formula is C22H23BrN4. The molecule has 0 N–H and O–H groups in total. The van der Waals surface area contributed by atoms with Crippen LogP contribution in [0.15, 0.2) is 53.4 Å². The summed E-state index contributed by atoms with van der Waals surface area (Å²) in [5, 5.41) is 0. The predicted molar refractivity (Wildman–Crippen MR) is 111 cm³/mol. The second kappa shape index (κ2) is 8.28. The second-order valence-corrected chi connectivity index (χ2v) is 7.93. The van der Waals surface area contributed by atoms with Gasteiger partial charge in [0.05, 0.1) is 0 Å². The van der Waals surface area contributed by atoms with E-state index < -0.39 is 0 Å². The zero-order chi connectivity index (χ0) is 18.6. The summed E-state index contributed by atoms with van der Waals surface area (Å²) in [6.07, 6.45) is 8.92. The fourth-order valence-electron chi connectivity index (χ4n) is 3.63. The maximum Gasteiger partial charge on any atom is 0.128 e. The molecule has 0 atom stereocenters. The SMILES string of the molecule is CCCc1ncc2c(n1)CCN(Cc1cnccc1-c1cccc(Br)c1)C2. The average Bonchev–Trinajstić information content (AvgIpc) is 2.69. The van der Waals surface area contributed by atoms with E-state index in [1.807, 2.05) is 18.6 Å². The number of aromatic nitrogens is 3. The van der Waals surface area contributed by atoms with Gasteiger partial charge in [-0.15, -0.1) is 0 Å². The van der Waals surface area contributed by atoms with Gasteiger partial charge in [-0.05, 0) is 41.3 Å². The van der Waals surface area contributed by atoms with Crippen molar-refractivity contribution >= 4 is 15.9 Å². The van der Waals surface area contributed by atoms with Gasteiger partial charge in [-0.2, -0.15) is 0 Å². The van der Waals surface area contributed by atoms with Crippen molar-refractivity contribution in [3.05, 3.63) is 76.0 Å². The van der Waals surface area contributed by atoms with E-state index in [9.17, 15) is 0 Å². The lowest BCUT2D eigenvalue weighted by Crippen LogP contribution is -2.31. The maximum absolute atomic E-state index is 4.76. The minimum absolute atomic E-state index is 0.881. The minimum Gasteiger partial charge on any atom is -0.294 e. The third kappa shape index (κ3) is 4.25. The fraction of sp³-hybridized carbons (Fsp3) is 0.318. The van der Waals surface area contributed by atoms with E-state index in [1.54, 1.807) is 0 Å². The van der Waals surface area contributed by atoms with Gasteiger partial charge in [-0.3, -0.25) is 9.88 Å². The van der Waals surface area contributed by atoms with Crippen molar-refractivity contribution in [2.75, 3.05) is 6.54 Å². The van der Waals surface area contributed by atoms with Crippen LogP contribution < -0.4 is 0 Å². The van der Waals surface area contributed by atoms with Gasteiger partial charge in [0, 0.05) is 66.8 Å². The molecule has 4 rings (SSSR count). The molecule has 3 aromatic rings. The van der Waals surface area contributed by atoms with Crippen LogP contribution in [0.2, 0.25) is 0 Å². The van der Waals surface area contributed by atoms with Crippen molar-refractivity contribution in [2.45, 2.75) is 39.3 Å². The summed E-state index contributed by atoms with van der Waals surface area (Å²) in [4.78, 5) is 16.1. The molecule has 1 aromatic carbocycles. The van der Waals surface area contributed by atoms with Crippen LogP contribution in [0.3, 0.4) is 0 Å². The number of halogens is 1. The quantitative estimate of drug-likeness (QED) is 0.591. The Hall–Kier alpha value is -2.11. The van der Waals surface area contributed by atoms with Crippen LogP contribution in [-0.4, -0.2) is 26.4 Å². The summed E-state index contributed by atoms with van der Waals surface area (Å²) in [6, 6.07) is 10.5. The lowest BCUT2D eigenvalue weighted by atomic mass is 10.0. The number of rotatable bonds is 5. The van der Waals surface area contributed by atoms with Gasteiger partial charge >= 0.3 is 0 Å². The van der Waals surface area contributed by atoms with Crippen LogP contribution in [0.1, 0.15) is 36.0 Å². The first-order chi connectivity index (χ1) is 13.2. The van der Waals surface area contributed by atoms with Crippen LogP contribution in [0.25, 0.3) is 11.1 Å². The van der Waals surface area contributed by atoms with Crippen molar-refractivity contribution in [3.63, 3.8) is 0 Å². The third-order valence-corrected chi connectivity index (χ3v) is 5.46. The normalized spacial score (nSPS) is 14.1. The van der Waals surface area contributed by atoms with Crippen LogP contribution in [-0.2, 0) is 25.9 Å². The maximum atomic E-state index is 4.76. The Bertz CT molecular complexity index is 941. The number of hydrogen-bond donors (Lipinski definition) is 0. The smallest absolute Gasteiger partial charge is 0.128 e. The van der Waals surface area contributed by atoms with Crippen molar-refractivity contribution in [1.29, 1.82) is 0 Å². The average molecular weight is 423 g/mol. The highest BCUT2D eigenvalue weighted by atomic mass is 79.9. The Morgan fingerprint density at radius 3 is 2.96 bits per heavy atom. The van der Waals surface area contributed by atoms with Crippen LogP contribution in [0.4, 0.5) is 0 Å². The lowest BCUT2D eigenvalue weighted by molar-refractivity contribution is 0.242. The molecular weight excluding hydrogens is 400 g/mol. The lowest BCUT2D eigenvalue weighted by Gasteiger charge is -2.28. The second-order valence-electron chi connectivity index (χ2n) is 7.01. The van der Waals surface area contributed by atoms with E-state index in [-0.39, 0.29) is 0 Å². The number of aryl methyl sites for hydroxylation is 1. The number of pyridine rings is 1. The Morgan fingerprint density at radius 2 is 2.11 bits per heavy atom. The highest BCUT2D eigenvalue weighted by molar-refractivity contribution is 9.10. The third-order valence-electron chi connectivity index (χ3n) is 4.97.